The molecule has 1 aromatic heterocycles. The Labute approximate surface area is 148 Å². The second kappa shape index (κ2) is 9.74. The first kappa shape index (κ1) is 18.9. The summed E-state index contributed by atoms with van der Waals surface area (Å²) in [5, 5.41) is 2.95. The standard InChI is InChI=1S/C19H26N2O4/c1-21(2)17(18-6-4-13-25-18)14-20-19(22)7-5-12-24-16-10-8-15(23-3)9-11-16/h4,6,8-11,13,17H,5,7,12,14H2,1-3H3,(H,20,22). The minimum atomic E-state index is 0.0109. The molecule has 1 amide bonds. The van der Waals surface area contributed by atoms with Crippen molar-refractivity contribution in [2.45, 2.75) is 18.9 Å². The molecule has 2 aromatic rings. The van der Waals surface area contributed by atoms with Gasteiger partial charge in [-0.1, -0.05) is 0 Å². The van der Waals surface area contributed by atoms with E-state index in [-0.39, 0.29) is 11.9 Å². The van der Waals surface area contributed by atoms with Crippen LogP contribution >= 0.6 is 0 Å². The maximum Gasteiger partial charge on any atom is 0.220 e. The Morgan fingerprint density at radius 2 is 1.92 bits per heavy atom. The summed E-state index contributed by atoms with van der Waals surface area (Å²) in [6.07, 6.45) is 2.73. The highest BCUT2D eigenvalue weighted by Gasteiger charge is 2.17. The number of furan rings is 1. The van der Waals surface area contributed by atoms with Gasteiger partial charge in [0.2, 0.25) is 5.91 Å². The number of hydrogen-bond donors (Lipinski definition) is 1. The van der Waals surface area contributed by atoms with Gasteiger partial charge in [-0.3, -0.25) is 9.69 Å². The number of nitrogens with zero attached hydrogens (tertiary/aromatic N) is 1. The van der Waals surface area contributed by atoms with E-state index in [9.17, 15) is 4.79 Å². The summed E-state index contributed by atoms with van der Waals surface area (Å²) in [6, 6.07) is 11.2. The van der Waals surface area contributed by atoms with Crippen molar-refractivity contribution < 1.29 is 18.7 Å². The molecule has 6 nitrogen and oxygen atoms in total. The Balaban J connectivity index is 1.66. The number of carbonyl (C=O) groups excluding carboxylic acids is 1. The lowest BCUT2D eigenvalue weighted by Gasteiger charge is -2.22. The lowest BCUT2D eigenvalue weighted by Crippen LogP contribution is -2.34. The number of hydrogen-bond acceptors (Lipinski definition) is 5. The number of nitrogens with one attached hydrogen (secondary N) is 1. The van der Waals surface area contributed by atoms with Crippen molar-refractivity contribution >= 4 is 5.91 Å². The average Bonchev–Trinajstić information content (AvgIpc) is 3.13. The van der Waals surface area contributed by atoms with Gasteiger partial charge in [-0.25, -0.2) is 0 Å². The predicted octanol–water partition coefficient (Wildman–Crippen LogP) is 2.87. The van der Waals surface area contributed by atoms with Crippen molar-refractivity contribution in [3.8, 4) is 11.5 Å². The van der Waals surface area contributed by atoms with Crippen LogP contribution in [0.15, 0.2) is 47.1 Å². The van der Waals surface area contributed by atoms with Crippen LogP contribution in [0, 0.1) is 0 Å². The van der Waals surface area contributed by atoms with E-state index in [0.29, 0.717) is 26.0 Å². The second-order valence-electron chi connectivity index (χ2n) is 5.93. The molecular formula is C19H26N2O4. The zero-order valence-electron chi connectivity index (χ0n) is 15.0. The molecule has 0 bridgehead atoms. The quantitative estimate of drug-likeness (QED) is 0.670. The van der Waals surface area contributed by atoms with Gasteiger partial charge in [-0.05, 0) is 56.9 Å². The fourth-order valence-corrected chi connectivity index (χ4v) is 2.41. The summed E-state index contributed by atoms with van der Waals surface area (Å²) >= 11 is 0. The van der Waals surface area contributed by atoms with Crippen LogP contribution in [-0.2, 0) is 4.79 Å². The largest absolute Gasteiger partial charge is 0.497 e. The van der Waals surface area contributed by atoms with Gasteiger partial charge in [-0.2, -0.15) is 0 Å². The molecule has 0 aliphatic carbocycles. The van der Waals surface area contributed by atoms with Gasteiger partial charge in [0.05, 0.1) is 26.0 Å². The first-order chi connectivity index (χ1) is 12.1. The average molecular weight is 346 g/mol. The normalized spacial score (nSPS) is 12.0. The van der Waals surface area contributed by atoms with Crippen LogP contribution in [0.3, 0.4) is 0 Å². The molecular weight excluding hydrogens is 320 g/mol. The Bertz CT molecular complexity index is 623. The molecule has 0 saturated heterocycles. The van der Waals surface area contributed by atoms with Crippen molar-refractivity contribution in [1.82, 2.24) is 10.2 Å². The topological polar surface area (TPSA) is 63.9 Å². The molecule has 0 spiro atoms. The maximum absolute atomic E-state index is 12.0. The number of rotatable bonds is 10. The van der Waals surface area contributed by atoms with Crippen LogP contribution in [0.1, 0.15) is 24.6 Å². The van der Waals surface area contributed by atoms with Gasteiger partial charge in [-0.15, -0.1) is 0 Å². The minimum Gasteiger partial charge on any atom is -0.497 e. The fourth-order valence-electron chi connectivity index (χ4n) is 2.41. The molecule has 2 rings (SSSR count). The van der Waals surface area contributed by atoms with Gasteiger partial charge >= 0.3 is 0 Å². The lowest BCUT2D eigenvalue weighted by atomic mass is 10.2. The molecule has 0 saturated carbocycles. The number of ether oxygens (including phenoxy) is 2. The Morgan fingerprint density at radius 3 is 2.52 bits per heavy atom. The van der Waals surface area contributed by atoms with E-state index >= 15 is 0 Å². The maximum atomic E-state index is 12.0. The molecule has 6 heteroatoms. The molecule has 0 fully saturated rings. The molecule has 0 aliphatic heterocycles. The number of carbonyl (C=O) groups is 1. The molecule has 1 N–H and O–H groups in total. The van der Waals surface area contributed by atoms with Crippen LogP contribution in [0.5, 0.6) is 11.5 Å². The first-order valence-corrected chi connectivity index (χ1v) is 8.33. The zero-order chi connectivity index (χ0) is 18.1. The molecule has 1 unspecified atom stereocenters. The van der Waals surface area contributed by atoms with E-state index in [1.165, 1.54) is 0 Å². The van der Waals surface area contributed by atoms with Crippen LogP contribution in [0.25, 0.3) is 0 Å². The van der Waals surface area contributed by atoms with E-state index in [1.807, 2.05) is 55.4 Å². The Morgan fingerprint density at radius 1 is 1.20 bits per heavy atom. The molecule has 1 atom stereocenters. The number of amides is 1. The number of benzene rings is 1. The second-order valence-corrected chi connectivity index (χ2v) is 5.93. The highest BCUT2D eigenvalue weighted by molar-refractivity contribution is 5.75. The van der Waals surface area contributed by atoms with E-state index in [2.05, 4.69) is 5.32 Å². The van der Waals surface area contributed by atoms with Gasteiger partial charge in [0.25, 0.3) is 0 Å². The van der Waals surface area contributed by atoms with Gasteiger partial charge in [0, 0.05) is 13.0 Å². The third kappa shape index (κ3) is 6.15. The molecule has 1 aromatic carbocycles. The summed E-state index contributed by atoms with van der Waals surface area (Å²) in [5.74, 6) is 2.41. The van der Waals surface area contributed by atoms with Crippen LogP contribution in [0.2, 0.25) is 0 Å². The predicted molar refractivity (Wildman–Crippen MR) is 95.9 cm³/mol. The highest BCUT2D eigenvalue weighted by atomic mass is 16.5. The molecule has 1 heterocycles. The van der Waals surface area contributed by atoms with Crippen molar-refractivity contribution in [3.05, 3.63) is 48.4 Å². The van der Waals surface area contributed by atoms with Crippen LogP contribution in [0.4, 0.5) is 0 Å². The summed E-state index contributed by atoms with van der Waals surface area (Å²) in [7, 11) is 5.55. The van der Waals surface area contributed by atoms with E-state index in [4.69, 9.17) is 13.9 Å². The highest BCUT2D eigenvalue weighted by Crippen LogP contribution is 2.18. The van der Waals surface area contributed by atoms with Crippen molar-refractivity contribution in [2.24, 2.45) is 0 Å². The minimum absolute atomic E-state index is 0.0109. The van der Waals surface area contributed by atoms with E-state index in [1.54, 1.807) is 13.4 Å². The third-order valence-electron chi connectivity index (χ3n) is 3.86. The van der Waals surface area contributed by atoms with Crippen molar-refractivity contribution in [3.63, 3.8) is 0 Å². The number of methoxy groups -OCH3 is 1. The monoisotopic (exact) mass is 346 g/mol. The Hall–Kier alpha value is -2.47. The van der Waals surface area contributed by atoms with Gasteiger partial charge < -0.3 is 19.2 Å². The summed E-state index contributed by atoms with van der Waals surface area (Å²) in [5.41, 5.74) is 0. The van der Waals surface area contributed by atoms with Crippen molar-refractivity contribution in [1.29, 1.82) is 0 Å². The van der Waals surface area contributed by atoms with Gasteiger partial charge in [0.15, 0.2) is 0 Å². The third-order valence-corrected chi connectivity index (χ3v) is 3.86. The van der Waals surface area contributed by atoms with Crippen molar-refractivity contribution in [2.75, 3.05) is 34.4 Å². The Kier molecular flexibility index (Phi) is 7.35. The summed E-state index contributed by atoms with van der Waals surface area (Å²) < 4.78 is 16.1. The van der Waals surface area contributed by atoms with E-state index < -0.39 is 0 Å². The van der Waals surface area contributed by atoms with Crippen LogP contribution < -0.4 is 14.8 Å². The molecule has 25 heavy (non-hydrogen) atoms. The lowest BCUT2D eigenvalue weighted by molar-refractivity contribution is -0.121. The first-order valence-electron chi connectivity index (χ1n) is 8.33. The fraction of sp³-hybridized carbons (Fsp3) is 0.421. The number of likely N-dealkylation sites (N-methyl/N-ethyl adjacent to an activating group) is 1. The molecule has 0 aliphatic rings. The molecule has 136 valence electrons. The summed E-state index contributed by atoms with van der Waals surface area (Å²) in [4.78, 5) is 14.0. The van der Waals surface area contributed by atoms with Gasteiger partial charge in [0.1, 0.15) is 17.3 Å². The van der Waals surface area contributed by atoms with E-state index in [0.717, 1.165) is 17.3 Å². The smallest absolute Gasteiger partial charge is 0.220 e. The zero-order valence-corrected chi connectivity index (χ0v) is 15.0. The SMILES string of the molecule is COc1ccc(OCCCC(=O)NCC(c2ccco2)N(C)C)cc1. The molecule has 0 radical (unpaired) electrons. The van der Waals surface area contributed by atoms with Crippen LogP contribution in [-0.4, -0.2) is 45.2 Å². The summed E-state index contributed by atoms with van der Waals surface area (Å²) in [6.45, 7) is 1.01.